The smallest absolute Gasteiger partial charge is 0.258 e. The lowest BCUT2D eigenvalue weighted by atomic mass is 10.1. The zero-order chi connectivity index (χ0) is 18.2. The minimum absolute atomic E-state index is 0. The Morgan fingerprint density at radius 1 is 1.15 bits per heavy atom. The molecule has 1 saturated heterocycles. The Kier molecular flexibility index (Phi) is 8.91. The number of amides is 1. The van der Waals surface area contributed by atoms with E-state index in [9.17, 15) is 4.79 Å². The molecule has 1 atom stereocenters. The molecule has 7 heteroatoms. The predicted molar refractivity (Wildman–Crippen MR) is 111 cm³/mol. The molecule has 1 N–H and O–H groups in total. The molecule has 0 saturated carbocycles. The molecule has 1 aromatic carbocycles. The lowest BCUT2D eigenvalue weighted by Crippen LogP contribution is -2.41. The third-order valence-corrected chi connectivity index (χ3v) is 5.60. The van der Waals surface area contributed by atoms with Gasteiger partial charge in [-0.1, -0.05) is 24.6 Å². The minimum atomic E-state index is -0.116. The number of carbonyl (C=O) groups excluding carboxylic acids is 1. The fraction of sp³-hybridized carbons (Fsp3) is 0.450. The van der Waals surface area contributed by atoms with E-state index in [0.29, 0.717) is 18.0 Å². The number of thiophene rings is 1. The molecule has 5 nitrogen and oxygen atoms in total. The van der Waals surface area contributed by atoms with Crippen LogP contribution in [0.1, 0.15) is 30.2 Å². The van der Waals surface area contributed by atoms with Crippen molar-refractivity contribution in [1.29, 1.82) is 0 Å². The number of ether oxygens (including phenoxy) is 2. The molecule has 2 aromatic rings. The SMILES string of the molecule is COc1ccccc1OCC(=O)NCC(c1cccs1)N1CCCCC1.Cl. The van der Waals surface area contributed by atoms with Crippen molar-refractivity contribution in [3.63, 3.8) is 0 Å². The van der Waals surface area contributed by atoms with E-state index in [2.05, 4.69) is 27.7 Å². The summed E-state index contributed by atoms with van der Waals surface area (Å²) in [7, 11) is 1.59. The van der Waals surface area contributed by atoms with Crippen molar-refractivity contribution >= 4 is 29.7 Å². The van der Waals surface area contributed by atoms with Crippen molar-refractivity contribution in [3.8, 4) is 11.5 Å². The zero-order valence-electron chi connectivity index (χ0n) is 15.6. The summed E-state index contributed by atoms with van der Waals surface area (Å²) in [6.07, 6.45) is 3.76. The van der Waals surface area contributed by atoms with Gasteiger partial charge in [0.15, 0.2) is 18.1 Å². The highest BCUT2D eigenvalue weighted by molar-refractivity contribution is 7.10. The van der Waals surface area contributed by atoms with Gasteiger partial charge in [-0.25, -0.2) is 0 Å². The molecule has 27 heavy (non-hydrogen) atoms. The van der Waals surface area contributed by atoms with Crippen molar-refractivity contribution in [3.05, 3.63) is 46.7 Å². The highest BCUT2D eigenvalue weighted by Crippen LogP contribution is 2.28. The van der Waals surface area contributed by atoms with Crippen LogP contribution in [0.5, 0.6) is 11.5 Å². The van der Waals surface area contributed by atoms with Crippen molar-refractivity contribution in [2.45, 2.75) is 25.3 Å². The van der Waals surface area contributed by atoms with Gasteiger partial charge < -0.3 is 14.8 Å². The number of rotatable bonds is 8. The average molecular weight is 411 g/mol. The number of benzene rings is 1. The van der Waals surface area contributed by atoms with E-state index in [0.717, 1.165) is 13.1 Å². The van der Waals surface area contributed by atoms with Gasteiger partial charge in [-0.2, -0.15) is 0 Å². The third-order valence-electron chi connectivity index (χ3n) is 4.62. The number of piperidine rings is 1. The Morgan fingerprint density at radius 2 is 1.89 bits per heavy atom. The molecule has 148 valence electrons. The van der Waals surface area contributed by atoms with Crippen molar-refractivity contribution < 1.29 is 14.3 Å². The standard InChI is InChI=1S/C20H26N2O3S.ClH/c1-24-17-8-3-4-9-18(17)25-15-20(23)21-14-16(19-10-7-13-26-19)22-11-5-2-6-12-22;/h3-4,7-10,13,16H,2,5-6,11-12,14-15H2,1H3,(H,21,23);1H. The average Bonchev–Trinajstić information content (AvgIpc) is 3.22. The molecule has 1 aliphatic rings. The second-order valence-corrected chi connectivity index (χ2v) is 7.35. The Labute approximate surface area is 171 Å². The van der Waals surface area contributed by atoms with E-state index in [-0.39, 0.29) is 31.0 Å². The molecular weight excluding hydrogens is 384 g/mol. The van der Waals surface area contributed by atoms with Crippen LogP contribution in [0.15, 0.2) is 41.8 Å². The first kappa shape index (κ1) is 21.5. The maximum Gasteiger partial charge on any atom is 0.258 e. The lowest BCUT2D eigenvalue weighted by molar-refractivity contribution is -0.123. The van der Waals surface area contributed by atoms with Gasteiger partial charge in [0.05, 0.1) is 13.2 Å². The van der Waals surface area contributed by atoms with Crippen LogP contribution in [-0.2, 0) is 4.79 Å². The quantitative estimate of drug-likeness (QED) is 0.717. The summed E-state index contributed by atoms with van der Waals surface area (Å²) in [5.74, 6) is 1.09. The Balaban J connectivity index is 0.00000261. The highest BCUT2D eigenvalue weighted by Gasteiger charge is 2.23. The first-order chi connectivity index (χ1) is 12.8. The van der Waals surface area contributed by atoms with Gasteiger partial charge in [-0.3, -0.25) is 9.69 Å². The van der Waals surface area contributed by atoms with Gasteiger partial charge in [0, 0.05) is 11.4 Å². The van der Waals surface area contributed by atoms with Crippen molar-refractivity contribution in [2.75, 3.05) is 33.4 Å². The first-order valence-electron chi connectivity index (χ1n) is 9.08. The summed E-state index contributed by atoms with van der Waals surface area (Å²) in [6, 6.07) is 11.8. The lowest BCUT2D eigenvalue weighted by Gasteiger charge is -2.34. The van der Waals surface area contributed by atoms with Crippen LogP contribution >= 0.6 is 23.7 Å². The maximum absolute atomic E-state index is 12.3. The summed E-state index contributed by atoms with van der Waals surface area (Å²) >= 11 is 1.75. The van der Waals surface area contributed by atoms with E-state index in [1.165, 1.54) is 24.1 Å². The molecular formula is C20H27ClN2O3S. The number of halogens is 1. The third kappa shape index (κ3) is 6.13. The molecule has 0 spiro atoms. The number of carbonyl (C=O) groups is 1. The Morgan fingerprint density at radius 3 is 2.56 bits per heavy atom. The van der Waals surface area contributed by atoms with Gasteiger partial charge in [-0.05, 0) is 49.5 Å². The summed E-state index contributed by atoms with van der Waals surface area (Å²) in [5, 5.41) is 5.13. The van der Waals surface area contributed by atoms with Gasteiger partial charge in [0.2, 0.25) is 0 Å². The van der Waals surface area contributed by atoms with E-state index < -0.39 is 0 Å². The molecule has 0 aliphatic carbocycles. The summed E-state index contributed by atoms with van der Waals surface area (Å²) < 4.78 is 10.9. The van der Waals surface area contributed by atoms with Gasteiger partial charge in [0.1, 0.15) is 0 Å². The Bertz CT molecular complexity index is 690. The monoisotopic (exact) mass is 410 g/mol. The number of nitrogens with zero attached hydrogens (tertiary/aromatic N) is 1. The number of likely N-dealkylation sites (tertiary alicyclic amines) is 1. The zero-order valence-corrected chi connectivity index (χ0v) is 17.2. The van der Waals surface area contributed by atoms with E-state index in [1.807, 2.05) is 18.2 Å². The van der Waals surface area contributed by atoms with Gasteiger partial charge >= 0.3 is 0 Å². The minimum Gasteiger partial charge on any atom is -0.493 e. The van der Waals surface area contributed by atoms with E-state index in [4.69, 9.17) is 9.47 Å². The van der Waals surface area contributed by atoms with Crippen LogP contribution in [0.4, 0.5) is 0 Å². The normalized spacial score (nSPS) is 15.4. The van der Waals surface area contributed by atoms with Crippen LogP contribution in [0, 0.1) is 0 Å². The number of hydrogen-bond acceptors (Lipinski definition) is 5. The van der Waals surface area contributed by atoms with Crippen LogP contribution in [0.3, 0.4) is 0 Å². The second kappa shape index (κ2) is 11.2. The molecule has 1 fully saturated rings. The topological polar surface area (TPSA) is 50.8 Å². The molecule has 0 bridgehead atoms. The molecule has 1 aliphatic heterocycles. The van der Waals surface area contributed by atoms with Crippen LogP contribution in [-0.4, -0.2) is 44.2 Å². The van der Waals surface area contributed by atoms with Crippen molar-refractivity contribution in [1.82, 2.24) is 10.2 Å². The molecule has 1 unspecified atom stereocenters. The molecule has 1 aromatic heterocycles. The molecule has 0 radical (unpaired) electrons. The van der Waals surface area contributed by atoms with E-state index in [1.54, 1.807) is 24.5 Å². The molecule has 1 amide bonds. The number of methoxy groups -OCH3 is 1. The van der Waals surface area contributed by atoms with Crippen molar-refractivity contribution in [2.24, 2.45) is 0 Å². The van der Waals surface area contributed by atoms with Gasteiger partial charge in [0.25, 0.3) is 5.91 Å². The molecule has 3 rings (SSSR count). The summed E-state index contributed by atoms with van der Waals surface area (Å²) in [5.41, 5.74) is 0. The fourth-order valence-electron chi connectivity index (χ4n) is 3.26. The van der Waals surface area contributed by atoms with Crippen LogP contribution in [0.2, 0.25) is 0 Å². The highest BCUT2D eigenvalue weighted by atomic mass is 35.5. The van der Waals surface area contributed by atoms with Crippen LogP contribution in [0.25, 0.3) is 0 Å². The number of nitrogens with one attached hydrogen (secondary N) is 1. The Hall–Kier alpha value is -1.76. The first-order valence-corrected chi connectivity index (χ1v) is 9.96. The maximum atomic E-state index is 12.3. The largest absolute Gasteiger partial charge is 0.493 e. The number of hydrogen-bond donors (Lipinski definition) is 1. The number of para-hydroxylation sites is 2. The fourth-order valence-corrected chi connectivity index (χ4v) is 4.12. The van der Waals surface area contributed by atoms with Gasteiger partial charge in [-0.15, -0.1) is 23.7 Å². The molecule has 2 heterocycles. The van der Waals surface area contributed by atoms with Crippen LogP contribution < -0.4 is 14.8 Å². The second-order valence-electron chi connectivity index (χ2n) is 6.37. The summed E-state index contributed by atoms with van der Waals surface area (Å²) in [6.45, 7) is 2.78. The predicted octanol–water partition coefficient (Wildman–Crippen LogP) is 3.90. The van der Waals surface area contributed by atoms with E-state index >= 15 is 0 Å². The summed E-state index contributed by atoms with van der Waals surface area (Å²) in [4.78, 5) is 16.1.